The lowest BCUT2D eigenvalue weighted by Crippen LogP contribution is -2.25. The quantitative estimate of drug-likeness (QED) is 0.897. The monoisotopic (exact) mass is 253 g/mol. The zero-order valence-electron chi connectivity index (χ0n) is 10.7. The van der Waals surface area contributed by atoms with Crippen molar-refractivity contribution in [1.29, 1.82) is 0 Å². The molecular weight excluding hydrogens is 233 g/mol. The van der Waals surface area contributed by atoms with E-state index in [-0.39, 0.29) is 23.7 Å². The lowest BCUT2D eigenvalue weighted by molar-refractivity contribution is 0.00712. The molecule has 0 aliphatic carbocycles. The summed E-state index contributed by atoms with van der Waals surface area (Å²) in [7, 11) is 1.46. The van der Waals surface area contributed by atoms with Gasteiger partial charge < -0.3 is 15.2 Å². The third kappa shape index (κ3) is 3.00. The van der Waals surface area contributed by atoms with Crippen LogP contribution in [0.1, 0.15) is 37.3 Å². The SMILES string of the molecule is COc1cccc(C(N)CC2CCCCO2)c1F. The molecule has 1 fully saturated rings. The Hall–Kier alpha value is -1.13. The minimum absolute atomic E-state index is 0.152. The van der Waals surface area contributed by atoms with Crippen LogP contribution in [0.25, 0.3) is 0 Å². The molecule has 1 aromatic carbocycles. The molecule has 2 atom stereocenters. The molecule has 2 rings (SSSR count). The molecule has 100 valence electrons. The van der Waals surface area contributed by atoms with Gasteiger partial charge in [0.2, 0.25) is 0 Å². The summed E-state index contributed by atoms with van der Waals surface area (Å²) in [4.78, 5) is 0. The number of hydrogen-bond donors (Lipinski definition) is 1. The van der Waals surface area contributed by atoms with Crippen molar-refractivity contribution in [3.63, 3.8) is 0 Å². The van der Waals surface area contributed by atoms with Gasteiger partial charge in [-0.05, 0) is 31.7 Å². The predicted molar refractivity (Wildman–Crippen MR) is 68.1 cm³/mol. The van der Waals surface area contributed by atoms with Crippen LogP contribution >= 0.6 is 0 Å². The fourth-order valence-corrected chi connectivity index (χ4v) is 2.38. The summed E-state index contributed by atoms with van der Waals surface area (Å²) in [6, 6.07) is 4.73. The highest BCUT2D eigenvalue weighted by Gasteiger charge is 2.21. The number of hydrogen-bond acceptors (Lipinski definition) is 3. The van der Waals surface area contributed by atoms with Gasteiger partial charge in [0.05, 0.1) is 13.2 Å². The van der Waals surface area contributed by atoms with E-state index >= 15 is 0 Å². The molecule has 1 aliphatic rings. The number of ether oxygens (including phenoxy) is 2. The highest BCUT2D eigenvalue weighted by atomic mass is 19.1. The molecule has 3 nitrogen and oxygen atoms in total. The third-order valence-corrected chi connectivity index (χ3v) is 3.40. The lowest BCUT2D eigenvalue weighted by Gasteiger charge is -2.25. The standard InChI is InChI=1S/C14H20FNO2/c1-17-13-7-4-6-11(14(13)15)12(16)9-10-5-2-3-8-18-10/h4,6-7,10,12H,2-3,5,8-9,16H2,1H3. The van der Waals surface area contributed by atoms with Gasteiger partial charge in [0, 0.05) is 18.2 Å². The van der Waals surface area contributed by atoms with E-state index in [2.05, 4.69) is 0 Å². The van der Waals surface area contributed by atoms with Crippen LogP contribution in [0.4, 0.5) is 4.39 Å². The summed E-state index contributed by atoms with van der Waals surface area (Å²) in [6.45, 7) is 0.790. The van der Waals surface area contributed by atoms with Crippen LogP contribution in [0.15, 0.2) is 18.2 Å². The third-order valence-electron chi connectivity index (χ3n) is 3.40. The first-order chi connectivity index (χ1) is 8.72. The highest BCUT2D eigenvalue weighted by Crippen LogP contribution is 2.28. The van der Waals surface area contributed by atoms with E-state index in [0.29, 0.717) is 12.0 Å². The molecule has 18 heavy (non-hydrogen) atoms. The second-order valence-electron chi connectivity index (χ2n) is 4.69. The smallest absolute Gasteiger partial charge is 0.169 e. The van der Waals surface area contributed by atoms with Crippen LogP contribution < -0.4 is 10.5 Å². The van der Waals surface area contributed by atoms with E-state index in [4.69, 9.17) is 15.2 Å². The maximum Gasteiger partial charge on any atom is 0.169 e. The predicted octanol–water partition coefficient (Wildman–Crippen LogP) is 2.79. The molecule has 0 spiro atoms. The molecule has 4 heteroatoms. The van der Waals surface area contributed by atoms with Crippen LogP contribution in [0.3, 0.4) is 0 Å². The molecule has 0 amide bonds. The lowest BCUT2D eigenvalue weighted by atomic mass is 9.97. The van der Waals surface area contributed by atoms with Crippen molar-refractivity contribution in [2.75, 3.05) is 13.7 Å². The van der Waals surface area contributed by atoms with Gasteiger partial charge in [-0.15, -0.1) is 0 Å². The number of rotatable bonds is 4. The van der Waals surface area contributed by atoms with Gasteiger partial charge in [-0.1, -0.05) is 12.1 Å². The molecule has 0 saturated carbocycles. The molecule has 0 aromatic heterocycles. The Morgan fingerprint density at radius 1 is 1.50 bits per heavy atom. The Labute approximate surface area is 107 Å². The van der Waals surface area contributed by atoms with Crippen molar-refractivity contribution in [1.82, 2.24) is 0 Å². The van der Waals surface area contributed by atoms with Crippen molar-refractivity contribution in [2.45, 2.75) is 37.8 Å². The van der Waals surface area contributed by atoms with Crippen LogP contribution in [0.2, 0.25) is 0 Å². The fourth-order valence-electron chi connectivity index (χ4n) is 2.38. The number of methoxy groups -OCH3 is 1. The van der Waals surface area contributed by atoms with E-state index in [1.807, 2.05) is 0 Å². The molecule has 0 bridgehead atoms. The number of nitrogens with two attached hydrogens (primary N) is 1. The first-order valence-corrected chi connectivity index (χ1v) is 6.42. The molecule has 0 radical (unpaired) electrons. The zero-order chi connectivity index (χ0) is 13.0. The summed E-state index contributed by atoms with van der Waals surface area (Å²) in [6.07, 6.45) is 4.10. The molecular formula is C14H20FNO2. The average Bonchev–Trinajstić information content (AvgIpc) is 2.40. The summed E-state index contributed by atoms with van der Waals surface area (Å²) in [5.74, 6) is -0.115. The number of benzene rings is 1. The second-order valence-corrected chi connectivity index (χ2v) is 4.69. The first-order valence-electron chi connectivity index (χ1n) is 6.42. The molecule has 1 aliphatic heterocycles. The Balaban J connectivity index is 2.05. The highest BCUT2D eigenvalue weighted by molar-refractivity contribution is 5.32. The minimum atomic E-state index is -0.358. The van der Waals surface area contributed by atoms with Gasteiger partial charge in [-0.3, -0.25) is 0 Å². The largest absolute Gasteiger partial charge is 0.494 e. The normalized spacial score (nSPS) is 21.6. The van der Waals surface area contributed by atoms with E-state index in [1.165, 1.54) is 7.11 Å². The summed E-state index contributed by atoms with van der Waals surface area (Å²) in [5, 5.41) is 0. The maximum atomic E-state index is 14.0. The zero-order valence-corrected chi connectivity index (χ0v) is 10.7. The summed E-state index contributed by atoms with van der Waals surface area (Å²) in [5.41, 5.74) is 6.58. The van der Waals surface area contributed by atoms with Gasteiger partial charge in [-0.25, -0.2) is 4.39 Å². The summed E-state index contributed by atoms with van der Waals surface area (Å²) < 4.78 is 24.6. The van der Waals surface area contributed by atoms with Crippen molar-refractivity contribution in [3.8, 4) is 5.75 Å². The first kappa shape index (κ1) is 13.3. The Bertz CT molecular complexity index is 391. The Morgan fingerprint density at radius 3 is 3.00 bits per heavy atom. The maximum absolute atomic E-state index is 14.0. The molecule has 1 aromatic rings. The average molecular weight is 253 g/mol. The van der Waals surface area contributed by atoms with E-state index in [0.717, 1.165) is 25.9 Å². The van der Waals surface area contributed by atoms with E-state index in [9.17, 15) is 4.39 Å². The van der Waals surface area contributed by atoms with Crippen molar-refractivity contribution in [2.24, 2.45) is 5.73 Å². The topological polar surface area (TPSA) is 44.5 Å². The Kier molecular flexibility index (Phi) is 4.55. The van der Waals surface area contributed by atoms with E-state index < -0.39 is 0 Å². The van der Waals surface area contributed by atoms with Crippen LogP contribution in [0, 0.1) is 5.82 Å². The van der Waals surface area contributed by atoms with Gasteiger partial charge in [0.25, 0.3) is 0 Å². The van der Waals surface area contributed by atoms with Crippen molar-refractivity contribution < 1.29 is 13.9 Å². The Morgan fingerprint density at radius 2 is 2.33 bits per heavy atom. The fraction of sp³-hybridized carbons (Fsp3) is 0.571. The van der Waals surface area contributed by atoms with Crippen LogP contribution in [-0.2, 0) is 4.74 Å². The van der Waals surface area contributed by atoms with Crippen LogP contribution in [0.5, 0.6) is 5.75 Å². The molecule has 2 N–H and O–H groups in total. The van der Waals surface area contributed by atoms with Gasteiger partial charge in [-0.2, -0.15) is 0 Å². The minimum Gasteiger partial charge on any atom is -0.494 e. The summed E-state index contributed by atoms with van der Waals surface area (Å²) >= 11 is 0. The van der Waals surface area contributed by atoms with Crippen LogP contribution in [-0.4, -0.2) is 19.8 Å². The van der Waals surface area contributed by atoms with Gasteiger partial charge in [0.1, 0.15) is 0 Å². The van der Waals surface area contributed by atoms with Crippen molar-refractivity contribution >= 4 is 0 Å². The van der Waals surface area contributed by atoms with E-state index in [1.54, 1.807) is 18.2 Å². The molecule has 2 unspecified atom stereocenters. The van der Waals surface area contributed by atoms with Gasteiger partial charge in [0.15, 0.2) is 11.6 Å². The molecule has 1 saturated heterocycles. The molecule has 1 heterocycles. The number of halogens is 1. The van der Waals surface area contributed by atoms with Gasteiger partial charge >= 0.3 is 0 Å². The van der Waals surface area contributed by atoms with Crippen molar-refractivity contribution in [3.05, 3.63) is 29.6 Å². The second kappa shape index (κ2) is 6.16.